The first kappa shape index (κ1) is 31.6. The van der Waals surface area contributed by atoms with Crippen LogP contribution < -0.4 is 10.6 Å². The van der Waals surface area contributed by atoms with Gasteiger partial charge in [-0.15, -0.1) is 6.58 Å². The minimum atomic E-state index is -1.06. The Morgan fingerprint density at radius 3 is 2.30 bits per heavy atom. The van der Waals surface area contributed by atoms with Gasteiger partial charge >= 0.3 is 12.1 Å². The molecule has 0 spiro atoms. The topological polar surface area (TPSA) is 131 Å². The quantitative estimate of drug-likeness (QED) is 0.171. The molecule has 0 radical (unpaired) electrons. The zero-order chi connectivity index (χ0) is 29.8. The first-order valence-electron chi connectivity index (χ1n) is 14.6. The molecule has 1 saturated heterocycles. The maximum atomic E-state index is 14.1. The molecule has 0 aromatic carbocycles. The van der Waals surface area contributed by atoms with Crippen LogP contribution in [0, 0.1) is 23.2 Å². The SMILES string of the molecule is C=CCCCC(NC(=O)[C@@H]1[C@@H]2C(CN1C(=O)[C@@H](NC(=O)OC(C)(C)C)C1CCCCC1)C2(C)C)C(=O)C(=O)OC. The number of hydrogen-bond acceptors (Lipinski definition) is 7. The van der Waals surface area contributed by atoms with Crippen LogP contribution in [-0.4, -0.2) is 71.9 Å². The molecule has 3 amide bonds. The van der Waals surface area contributed by atoms with Crippen LogP contribution in [0.5, 0.6) is 0 Å². The van der Waals surface area contributed by atoms with Gasteiger partial charge in [-0.1, -0.05) is 39.2 Å². The van der Waals surface area contributed by atoms with Crippen molar-refractivity contribution in [3.05, 3.63) is 12.7 Å². The van der Waals surface area contributed by atoms with Crippen LogP contribution >= 0.6 is 0 Å². The van der Waals surface area contributed by atoms with Gasteiger partial charge in [-0.2, -0.15) is 0 Å². The number of carbonyl (C=O) groups is 5. The van der Waals surface area contributed by atoms with Crippen molar-refractivity contribution < 1.29 is 33.4 Å². The highest BCUT2D eigenvalue weighted by Crippen LogP contribution is 2.65. The van der Waals surface area contributed by atoms with E-state index in [1.54, 1.807) is 31.7 Å². The number of fused-ring (bicyclic) bond motifs is 1. The second-order valence-corrected chi connectivity index (χ2v) is 13.0. The third-order valence-electron chi connectivity index (χ3n) is 8.74. The Kier molecular flexibility index (Phi) is 10.1. The molecular formula is C30H47N3O7. The lowest BCUT2D eigenvalue weighted by atomic mass is 9.83. The molecule has 3 rings (SSSR count). The lowest BCUT2D eigenvalue weighted by molar-refractivity contribution is -0.153. The van der Waals surface area contributed by atoms with Gasteiger partial charge in [0.1, 0.15) is 17.7 Å². The number of nitrogens with one attached hydrogen (secondary N) is 2. The molecule has 224 valence electrons. The predicted octanol–water partition coefficient (Wildman–Crippen LogP) is 3.53. The molecule has 1 aliphatic heterocycles. The maximum Gasteiger partial charge on any atom is 0.408 e. The minimum absolute atomic E-state index is 0.0602. The van der Waals surface area contributed by atoms with Crippen molar-refractivity contribution in [2.75, 3.05) is 13.7 Å². The summed E-state index contributed by atoms with van der Waals surface area (Å²) >= 11 is 0. The van der Waals surface area contributed by atoms with E-state index < -0.39 is 47.5 Å². The number of ketones is 1. The zero-order valence-corrected chi connectivity index (χ0v) is 24.9. The molecule has 2 aliphatic carbocycles. The lowest BCUT2D eigenvalue weighted by Gasteiger charge is -2.37. The summed E-state index contributed by atoms with van der Waals surface area (Å²) in [6.45, 7) is 13.5. The zero-order valence-electron chi connectivity index (χ0n) is 24.9. The summed E-state index contributed by atoms with van der Waals surface area (Å²) < 4.78 is 10.1. The standard InChI is InChI=1S/C30H47N3O7/c1-8-9-11-16-20(24(34)27(37)39-7)31-25(35)23-21-19(30(21,5)6)17-33(23)26(36)22(18-14-12-10-13-15-18)32-28(38)40-29(2,3)4/h8,18-23H,1,9-17H2,2-7H3,(H,31,35)(H,32,38)/t19?,20?,21-,22-,23-/m0/s1. The number of nitrogens with zero attached hydrogens (tertiary/aromatic N) is 1. The molecular weight excluding hydrogens is 514 g/mol. The average molecular weight is 562 g/mol. The molecule has 10 nitrogen and oxygen atoms in total. The second-order valence-electron chi connectivity index (χ2n) is 13.0. The number of Topliss-reactive ketones (excluding diaryl/α,β-unsaturated/α-hetero) is 1. The molecule has 10 heteroatoms. The fourth-order valence-electron chi connectivity index (χ4n) is 6.51. The summed E-state index contributed by atoms with van der Waals surface area (Å²) in [5.74, 6) is -2.64. The number of likely N-dealkylation sites (tertiary alicyclic amines) is 1. The van der Waals surface area contributed by atoms with E-state index in [0.29, 0.717) is 19.4 Å². The number of methoxy groups -OCH3 is 1. The molecule has 5 atom stereocenters. The molecule has 1 heterocycles. The van der Waals surface area contributed by atoms with Crippen molar-refractivity contribution in [1.82, 2.24) is 15.5 Å². The van der Waals surface area contributed by atoms with E-state index in [2.05, 4.69) is 35.8 Å². The molecule has 2 unspecified atom stereocenters. The number of unbranched alkanes of at least 4 members (excludes halogenated alkanes) is 1. The van der Waals surface area contributed by atoms with Crippen LogP contribution in [0.4, 0.5) is 4.79 Å². The second kappa shape index (κ2) is 12.7. The molecule has 0 bridgehead atoms. The highest BCUT2D eigenvalue weighted by molar-refractivity contribution is 6.36. The molecule has 3 aliphatic rings. The van der Waals surface area contributed by atoms with E-state index in [1.807, 2.05) is 0 Å². The van der Waals surface area contributed by atoms with E-state index in [1.165, 1.54) is 0 Å². The Bertz CT molecular complexity index is 996. The summed E-state index contributed by atoms with van der Waals surface area (Å²) in [6.07, 6.45) is 7.07. The summed E-state index contributed by atoms with van der Waals surface area (Å²) in [5.41, 5.74) is -0.874. The highest BCUT2D eigenvalue weighted by Gasteiger charge is 2.69. The fraction of sp³-hybridized carbons (Fsp3) is 0.767. The smallest absolute Gasteiger partial charge is 0.408 e. The number of piperidine rings is 1. The number of allylic oxidation sites excluding steroid dienone is 1. The van der Waals surface area contributed by atoms with Crippen molar-refractivity contribution >= 4 is 29.7 Å². The van der Waals surface area contributed by atoms with Gasteiger partial charge in [0.2, 0.25) is 11.8 Å². The third-order valence-corrected chi connectivity index (χ3v) is 8.74. The normalized spacial score (nSPS) is 25.1. The van der Waals surface area contributed by atoms with E-state index in [4.69, 9.17) is 4.74 Å². The van der Waals surface area contributed by atoms with Crippen molar-refractivity contribution in [1.29, 1.82) is 0 Å². The van der Waals surface area contributed by atoms with Crippen molar-refractivity contribution in [2.45, 2.75) is 110 Å². The number of rotatable bonds is 11. The third kappa shape index (κ3) is 7.23. The van der Waals surface area contributed by atoms with Gasteiger partial charge in [0.15, 0.2) is 0 Å². The Morgan fingerprint density at radius 2 is 1.73 bits per heavy atom. The lowest BCUT2D eigenvalue weighted by Crippen LogP contribution is -2.59. The van der Waals surface area contributed by atoms with Crippen LogP contribution in [0.15, 0.2) is 12.7 Å². The summed E-state index contributed by atoms with van der Waals surface area (Å²) in [5, 5.41) is 5.61. The number of amides is 3. The Balaban J connectivity index is 1.85. The average Bonchev–Trinajstić information content (AvgIpc) is 3.22. The molecule has 3 fully saturated rings. The van der Waals surface area contributed by atoms with Crippen molar-refractivity contribution in [3.8, 4) is 0 Å². The van der Waals surface area contributed by atoms with E-state index in [-0.39, 0.29) is 35.5 Å². The highest BCUT2D eigenvalue weighted by atomic mass is 16.6. The van der Waals surface area contributed by atoms with Gasteiger partial charge in [-0.3, -0.25) is 14.4 Å². The Hall–Kier alpha value is -2.91. The van der Waals surface area contributed by atoms with Gasteiger partial charge in [-0.05, 0) is 76.0 Å². The molecule has 2 saturated carbocycles. The first-order chi connectivity index (χ1) is 18.7. The predicted molar refractivity (Wildman–Crippen MR) is 149 cm³/mol. The van der Waals surface area contributed by atoms with Crippen LogP contribution in [-0.2, 0) is 28.7 Å². The molecule has 2 N–H and O–H groups in total. The van der Waals surface area contributed by atoms with Gasteiger partial charge in [-0.25, -0.2) is 9.59 Å². The number of ether oxygens (including phenoxy) is 2. The van der Waals surface area contributed by atoms with Gasteiger partial charge < -0.3 is 25.0 Å². The number of hydrogen-bond donors (Lipinski definition) is 2. The number of esters is 1. The van der Waals surface area contributed by atoms with E-state index in [9.17, 15) is 24.0 Å². The van der Waals surface area contributed by atoms with Gasteiger partial charge in [0.25, 0.3) is 5.78 Å². The van der Waals surface area contributed by atoms with Crippen molar-refractivity contribution in [3.63, 3.8) is 0 Å². The molecule has 0 aromatic rings. The van der Waals surface area contributed by atoms with Gasteiger partial charge in [0, 0.05) is 6.54 Å². The van der Waals surface area contributed by atoms with Crippen LogP contribution in [0.25, 0.3) is 0 Å². The van der Waals surface area contributed by atoms with E-state index in [0.717, 1.165) is 39.2 Å². The van der Waals surface area contributed by atoms with E-state index >= 15 is 0 Å². The summed E-state index contributed by atoms with van der Waals surface area (Å²) in [6, 6.07) is -2.69. The Morgan fingerprint density at radius 1 is 1.07 bits per heavy atom. The van der Waals surface area contributed by atoms with Crippen molar-refractivity contribution in [2.24, 2.45) is 23.2 Å². The van der Waals surface area contributed by atoms with Crippen LogP contribution in [0.3, 0.4) is 0 Å². The van der Waals surface area contributed by atoms with Crippen LogP contribution in [0.1, 0.15) is 86.0 Å². The summed E-state index contributed by atoms with van der Waals surface area (Å²) in [4.78, 5) is 67.1. The molecule has 0 aromatic heterocycles. The summed E-state index contributed by atoms with van der Waals surface area (Å²) in [7, 11) is 1.13. The minimum Gasteiger partial charge on any atom is -0.463 e. The van der Waals surface area contributed by atoms with Crippen LogP contribution in [0.2, 0.25) is 0 Å². The molecule has 40 heavy (non-hydrogen) atoms. The first-order valence-corrected chi connectivity index (χ1v) is 14.6. The monoisotopic (exact) mass is 561 g/mol. The Labute approximate surface area is 238 Å². The number of carbonyl (C=O) groups excluding carboxylic acids is 5. The largest absolute Gasteiger partial charge is 0.463 e. The van der Waals surface area contributed by atoms with Gasteiger partial charge in [0.05, 0.1) is 13.2 Å². The fourth-order valence-corrected chi connectivity index (χ4v) is 6.51. The number of alkyl carbamates (subject to hydrolysis) is 1. The maximum absolute atomic E-state index is 14.1.